The minimum Gasteiger partial charge on any atom is -0.378 e. The minimum atomic E-state index is -0.178. The molecular formula is C21H22ClN3O2. The van der Waals surface area contributed by atoms with Gasteiger partial charge in [0.1, 0.15) is 6.17 Å². The van der Waals surface area contributed by atoms with Gasteiger partial charge in [0, 0.05) is 35.9 Å². The van der Waals surface area contributed by atoms with E-state index < -0.39 is 0 Å². The third-order valence-corrected chi connectivity index (χ3v) is 5.33. The first-order chi connectivity index (χ1) is 13.2. The predicted octanol–water partition coefficient (Wildman–Crippen LogP) is 2.84. The van der Waals surface area contributed by atoms with Crippen LogP contribution in [0.2, 0.25) is 5.02 Å². The standard InChI is InChI=1S/C21H22ClN3O2/c1-27-13-17-12-19(26)25-21(23-17)20(15-7-9-16(22)10-8-15)18(24-25)11-14-5-3-2-4-6-14/h2-10,12,18,20-21,23-24H,11,13H2,1H3. The largest absolute Gasteiger partial charge is 0.378 e. The molecular weight excluding hydrogens is 362 g/mol. The van der Waals surface area contributed by atoms with Gasteiger partial charge < -0.3 is 10.1 Å². The van der Waals surface area contributed by atoms with Crippen LogP contribution in [0.15, 0.2) is 66.4 Å². The Bertz CT molecular complexity index is 838. The number of hydrogen-bond acceptors (Lipinski definition) is 4. The van der Waals surface area contributed by atoms with Crippen LogP contribution in [0.3, 0.4) is 0 Å². The Hall–Kier alpha value is -2.34. The molecule has 27 heavy (non-hydrogen) atoms. The average molecular weight is 384 g/mol. The minimum absolute atomic E-state index is 0.0553. The van der Waals surface area contributed by atoms with Gasteiger partial charge >= 0.3 is 0 Å². The molecule has 2 heterocycles. The van der Waals surface area contributed by atoms with Crippen molar-refractivity contribution in [1.29, 1.82) is 0 Å². The molecule has 1 fully saturated rings. The lowest BCUT2D eigenvalue weighted by molar-refractivity contribution is -0.131. The molecule has 5 nitrogen and oxygen atoms in total. The molecule has 0 aromatic heterocycles. The van der Waals surface area contributed by atoms with Crippen LogP contribution in [-0.4, -0.2) is 36.8 Å². The number of methoxy groups -OCH3 is 1. The second-order valence-corrected chi connectivity index (χ2v) is 7.34. The number of hydrogen-bond donors (Lipinski definition) is 2. The van der Waals surface area contributed by atoms with Gasteiger partial charge in [0.05, 0.1) is 6.61 Å². The molecule has 2 aromatic rings. The number of carbonyl (C=O) groups is 1. The van der Waals surface area contributed by atoms with E-state index in [1.165, 1.54) is 5.56 Å². The molecule has 3 unspecified atom stereocenters. The van der Waals surface area contributed by atoms with E-state index in [1.807, 2.05) is 42.5 Å². The van der Waals surface area contributed by atoms with E-state index in [2.05, 4.69) is 22.9 Å². The molecule has 4 rings (SSSR count). The molecule has 2 aliphatic heterocycles. The maximum atomic E-state index is 12.7. The third-order valence-electron chi connectivity index (χ3n) is 5.08. The normalized spacial score (nSPS) is 24.4. The highest BCUT2D eigenvalue weighted by Gasteiger charge is 2.46. The van der Waals surface area contributed by atoms with Crippen molar-refractivity contribution in [2.24, 2.45) is 0 Å². The van der Waals surface area contributed by atoms with E-state index in [0.29, 0.717) is 11.6 Å². The molecule has 0 aliphatic carbocycles. The summed E-state index contributed by atoms with van der Waals surface area (Å²) in [4.78, 5) is 12.7. The van der Waals surface area contributed by atoms with Gasteiger partial charge in [-0.15, -0.1) is 0 Å². The monoisotopic (exact) mass is 383 g/mol. The lowest BCUT2D eigenvalue weighted by Crippen LogP contribution is -2.53. The van der Waals surface area contributed by atoms with Crippen LogP contribution < -0.4 is 10.7 Å². The molecule has 2 aromatic carbocycles. The van der Waals surface area contributed by atoms with Gasteiger partial charge in [0.2, 0.25) is 0 Å². The van der Waals surface area contributed by atoms with Crippen molar-refractivity contribution >= 4 is 17.5 Å². The van der Waals surface area contributed by atoms with E-state index in [4.69, 9.17) is 16.3 Å². The van der Waals surface area contributed by atoms with Crippen molar-refractivity contribution in [3.8, 4) is 0 Å². The summed E-state index contributed by atoms with van der Waals surface area (Å²) in [7, 11) is 1.63. The maximum absolute atomic E-state index is 12.7. The number of halogens is 1. The summed E-state index contributed by atoms with van der Waals surface area (Å²) in [5.41, 5.74) is 6.58. The molecule has 1 saturated heterocycles. The molecule has 0 bridgehead atoms. The Morgan fingerprint density at radius 2 is 1.85 bits per heavy atom. The fraction of sp³-hybridized carbons (Fsp3) is 0.286. The molecule has 3 atom stereocenters. The van der Waals surface area contributed by atoms with Gasteiger partial charge in [-0.05, 0) is 29.7 Å². The quantitative estimate of drug-likeness (QED) is 0.833. The molecule has 2 N–H and O–H groups in total. The zero-order valence-corrected chi connectivity index (χ0v) is 15.8. The highest BCUT2D eigenvalue weighted by molar-refractivity contribution is 6.30. The van der Waals surface area contributed by atoms with E-state index in [1.54, 1.807) is 18.2 Å². The Morgan fingerprint density at radius 3 is 2.56 bits per heavy atom. The zero-order chi connectivity index (χ0) is 18.8. The summed E-state index contributed by atoms with van der Waals surface area (Å²) in [6.07, 6.45) is 2.23. The van der Waals surface area contributed by atoms with Crippen LogP contribution in [-0.2, 0) is 16.0 Å². The second-order valence-electron chi connectivity index (χ2n) is 6.90. The van der Waals surface area contributed by atoms with Gasteiger partial charge in [-0.3, -0.25) is 9.80 Å². The van der Waals surface area contributed by atoms with Crippen molar-refractivity contribution in [3.05, 3.63) is 82.5 Å². The number of amides is 1. The molecule has 140 valence electrons. The Kier molecular flexibility index (Phi) is 5.16. The number of fused-ring (bicyclic) bond motifs is 1. The van der Waals surface area contributed by atoms with E-state index in [9.17, 15) is 4.79 Å². The molecule has 0 saturated carbocycles. The molecule has 0 radical (unpaired) electrons. The van der Waals surface area contributed by atoms with E-state index >= 15 is 0 Å². The van der Waals surface area contributed by atoms with Crippen LogP contribution in [0.4, 0.5) is 0 Å². The third kappa shape index (κ3) is 3.72. The zero-order valence-electron chi connectivity index (χ0n) is 15.1. The lowest BCUT2D eigenvalue weighted by Gasteiger charge is -2.33. The van der Waals surface area contributed by atoms with Gasteiger partial charge in [-0.2, -0.15) is 0 Å². The first-order valence-electron chi connectivity index (χ1n) is 9.00. The summed E-state index contributed by atoms with van der Waals surface area (Å²) in [5, 5.41) is 5.87. The number of rotatable bonds is 5. The summed E-state index contributed by atoms with van der Waals surface area (Å²) in [6.45, 7) is 0.382. The highest BCUT2D eigenvalue weighted by atomic mass is 35.5. The van der Waals surface area contributed by atoms with Crippen LogP contribution in [0.25, 0.3) is 0 Å². The number of benzene rings is 2. The summed E-state index contributed by atoms with van der Waals surface area (Å²) in [5.74, 6) is 0.0207. The smallest absolute Gasteiger partial charge is 0.264 e. The Balaban J connectivity index is 1.67. The van der Waals surface area contributed by atoms with Gasteiger partial charge in [0.15, 0.2) is 0 Å². The first kappa shape index (κ1) is 18.0. The molecule has 2 aliphatic rings. The van der Waals surface area contributed by atoms with E-state index in [0.717, 1.165) is 17.7 Å². The van der Waals surface area contributed by atoms with Crippen molar-refractivity contribution in [2.45, 2.75) is 24.5 Å². The van der Waals surface area contributed by atoms with E-state index in [-0.39, 0.29) is 24.0 Å². The molecule has 6 heteroatoms. The summed E-state index contributed by atoms with van der Waals surface area (Å²) >= 11 is 6.09. The maximum Gasteiger partial charge on any atom is 0.264 e. The average Bonchev–Trinajstić information content (AvgIpc) is 3.02. The highest BCUT2D eigenvalue weighted by Crippen LogP contribution is 2.35. The number of ether oxygens (including phenoxy) is 1. The number of carbonyl (C=O) groups excluding carboxylic acids is 1. The first-order valence-corrected chi connectivity index (χ1v) is 9.38. The van der Waals surface area contributed by atoms with Crippen LogP contribution >= 0.6 is 11.6 Å². The molecule has 1 amide bonds. The topological polar surface area (TPSA) is 53.6 Å². The van der Waals surface area contributed by atoms with Gasteiger partial charge in [-0.25, -0.2) is 5.43 Å². The van der Waals surface area contributed by atoms with Crippen molar-refractivity contribution in [3.63, 3.8) is 0 Å². The Labute approximate surface area is 163 Å². The summed E-state index contributed by atoms with van der Waals surface area (Å²) < 4.78 is 5.22. The van der Waals surface area contributed by atoms with Crippen LogP contribution in [0.5, 0.6) is 0 Å². The fourth-order valence-corrected chi connectivity index (χ4v) is 4.03. The Morgan fingerprint density at radius 1 is 1.11 bits per heavy atom. The lowest BCUT2D eigenvalue weighted by atomic mass is 9.86. The number of hydrazine groups is 1. The second kappa shape index (κ2) is 7.72. The van der Waals surface area contributed by atoms with Crippen molar-refractivity contribution in [1.82, 2.24) is 15.8 Å². The number of nitrogens with zero attached hydrogens (tertiary/aromatic N) is 1. The van der Waals surface area contributed by atoms with Gasteiger partial charge in [0.25, 0.3) is 5.91 Å². The SMILES string of the molecule is COCC1=CC(=O)N2NC(Cc3ccccc3)C(c3ccc(Cl)cc3)C2N1. The van der Waals surface area contributed by atoms with Crippen molar-refractivity contribution in [2.75, 3.05) is 13.7 Å². The van der Waals surface area contributed by atoms with Gasteiger partial charge in [-0.1, -0.05) is 54.1 Å². The molecule has 0 spiro atoms. The summed E-state index contributed by atoms with van der Waals surface area (Å²) in [6, 6.07) is 18.3. The van der Waals surface area contributed by atoms with Crippen molar-refractivity contribution < 1.29 is 9.53 Å². The fourth-order valence-electron chi connectivity index (χ4n) is 3.90. The van der Waals surface area contributed by atoms with Crippen LogP contribution in [0, 0.1) is 0 Å². The van der Waals surface area contributed by atoms with Crippen LogP contribution in [0.1, 0.15) is 17.0 Å². The number of nitrogens with one attached hydrogen (secondary N) is 2. The predicted molar refractivity (Wildman–Crippen MR) is 105 cm³/mol.